The Morgan fingerprint density at radius 1 is 1.00 bits per heavy atom. The van der Waals surface area contributed by atoms with Crippen LogP contribution in [0, 0.1) is 12.8 Å². The number of anilines is 1. The Bertz CT molecular complexity index is 679. The quantitative estimate of drug-likeness (QED) is 0.871. The third kappa shape index (κ3) is 2.67. The van der Waals surface area contributed by atoms with Crippen molar-refractivity contribution < 1.29 is 9.47 Å². The molecule has 118 valence electrons. The van der Waals surface area contributed by atoms with Gasteiger partial charge in [0.15, 0.2) is 17.3 Å². The standard InChI is InChI=1S/C17H23N3O2/c1-11-5-7-20(8-6-11)17-12(2)18-13-9-15(21-3)16(22-4)10-14(13)19-17/h9-11H,5-8H2,1-4H3. The number of fused-ring (bicyclic) bond motifs is 1. The number of piperidine rings is 1. The molecule has 0 atom stereocenters. The number of hydrogen-bond acceptors (Lipinski definition) is 5. The molecule has 1 aromatic heterocycles. The molecule has 2 aromatic rings. The van der Waals surface area contributed by atoms with Gasteiger partial charge in [-0.3, -0.25) is 0 Å². The summed E-state index contributed by atoms with van der Waals surface area (Å²) in [6, 6.07) is 3.78. The Morgan fingerprint density at radius 2 is 1.55 bits per heavy atom. The average molecular weight is 301 g/mol. The minimum absolute atomic E-state index is 0.684. The van der Waals surface area contributed by atoms with Crippen molar-refractivity contribution in [2.45, 2.75) is 26.7 Å². The van der Waals surface area contributed by atoms with Crippen LogP contribution < -0.4 is 14.4 Å². The van der Waals surface area contributed by atoms with Crippen molar-refractivity contribution in [1.82, 2.24) is 9.97 Å². The zero-order valence-electron chi connectivity index (χ0n) is 13.7. The molecule has 1 aliphatic heterocycles. The molecular formula is C17H23N3O2. The molecule has 5 nitrogen and oxygen atoms in total. The lowest BCUT2D eigenvalue weighted by atomic mass is 9.99. The molecule has 0 radical (unpaired) electrons. The Labute approximate surface area is 131 Å². The zero-order chi connectivity index (χ0) is 15.7. The van der Waals surface area contributed by atoms with Gasteiger partial charge < -0.3 is 14.4 Å². The van der Waals surface area contributed by atoms with Crippen LogP contribution in [-0.2, 0) is 0 Å². The topological polar surface area (TPSA) is 47.5 Å². The second kappa shape index (κ2) is 5.99. The highest BCUT2D eigenvalue weighted by Crippen LogP contribution is 2.32. The van der Waals surface area contributed by atoms with E-state index in [1.807, 2.05) is 19.1 Å². The molecular weight excluding hydrogens is 278 g/mol. The van der Waals surface area contributed by atoms with Crippen LogP contribution in [-0.4, -0.2) is 37.3 Å². The third-order valence-electron chi connectivity index (χ3n) is 4.40. The van der Waals surface area contributed by atoms with Crippen LogP contribution >= 0.6 is 0 Å². The van der Waals surface area contributed by atoms with E-state index in [2.05, 4.69) is 11.8 Å². The second-order valence-electron chi connectivity index (χ2n) is 6.00. The number of ether oxygens (including phenoxy) is 2. The van der Waals surface area contributed by atoms with Gasteiger partial charge in [-0.25, -0.2) is 9.97 Å². The first-order chi connectivity index (χ1) is 10.6. The van der Waals surface area contributed by atoms with Gasteiger partial charge in [-0.15, -0.1) is 0 Å². The summed E-state index contributed by atoms with van der Waals surface area (Å²) < 4.78 is 10.7. The molecule has 0 amide bonds. The van der Waals surface area contributed by atoms with Crippen molar-refractivity contribution in [3.63, 3.8) is 0 Å². The van der Waals surface area contributed by atoms with Crippen molar-refractivity contribution in [2.75, 3.05) is 32.2 Å². The van der Waals surface area contributed by atoms with Gasteiger partial charge in [0.05, 0.1) is 30.9 Å². The molecule has 1 aliphatic rings. The van der Waals surface area contributed by atoms with Crippen LogP contribution in [0.4, 0.5) is 5.82 Å². The van der Waals surface area contributed by atoms with Crippen molar-refractivity contribution in [3.8, 4) is 11.5 Å². The van der Waals surface area contributed by atoms with Gasteiger partial charge in [0.2, 0.25) is 0 Å². The van der Waals surface area contributed by atoms with Crippen LogP contribution in [0.5, 0.6) is 11.5 Å². The highest BCUT2D eigenvalue weighted by molar-refractivity contribution is 5.81. The molecule has 1 saturated heterocycles. The minimum atomic E-state index is 0.684. The molecule has 0 aliphatic carbocycles. The maximum absolute atomic E-state index is 5.37. The van der Waals surface area contributed by atoms with Crippen LogP contribution in [0.3, 0.4) is 0 Å². The first-order valence-electron chi connectivity index (χ1n) is 7.77. The number of hydrogen-bond donors (Lipinski definition) is 0. The second-order valence-corrected chi connectivity index (χ2v) is 6.00. The lowest BCUT2D eigenvalue weighted by Gasteiger charge is -2.32. The number of nitrogens with zero attached hydrogens (tertiary/aromatic N) is 3. The SMILES string of the molecule is COc1cc2nc(C)c(N3CCC(C)CC3)nc2cc1OC. The number of aryl methyl sites for hydroxylation is 1. The van der Waals surface area contributed by atoms with Crippen LogP contribution in [0.25, 0.3) is 11.0 Å². The summed E-state index contributed by atoms with van der Waals surface area (Å²) in [5.41, 5.74) is 2.65. The molecule has 0 saturated carbocycles. The summed E-state index contributed by atoms with van der Waals surface area (Å²) in [7, 11) is 3.27. The molecule has 5 heteroatoms. The first kappa shape index (κ1) is 14.9. The van der Waals surface area contributed by atoms with E-state index in [0.29, 0.717) is 11.5 Å². The van der Waals surface area contributed by atoms with E-state index < -0.39 is 0 Å². The molecule has 2 heterocycles. The van der Waals surface area contributed by atoms with Gasteiger partial charge in [0.1, 0.15) is 0 Å². The summed E-state index contributed by atoms with van der Waals surface area (Å²) in [6.07, 6.45) is 2.43. The van der Waals surface area contributed by atoms with Crippen LogP contribution in [0.15, 0.2) is 12.1 Å². The van der Waals surface area contributed by atoms with Gasteiger partial charge in [-0.1, -0.05) is 6.92 Å². The highest BCUT2D eigenvalue weighted by atomic mass is 16.5. The van der Waals surface area contributed by atoms with E-state index in [0.717, 1.165) is 41.6 Å². The Balaban J connectivity index is 2.03. The fourth-order valence-electron chi connectivity index (χ4n) is 2.98. The van der Waals surface area contributed by atoms with Crippen molar-refractivity contribution >= 4 is 16.9 Å². The fraction of sp³-hybridized carbons (Fsp3) is 0.529. The minimum Gasteiger partial charge on any atom is -0.493 e. The van der Waals surface area contributed by atoms with E-state index in [4.69, 9.17) is 19.4 Å². The molecule has 0 bridgehead atoms. The lowest BCUT2D eigenvalue weighted by molar-refractivity contribution is 0.355. The maximum Gasteiger partial charge on any atom is 0.163 e. The molecule has 0 spiro atoms. The molecule has 0 unspecified atom stereocenters. The normalized spacial score (nSPS) is 16.1. The molecule has 3 rings (SSSR count). The van der Waals surface area contributed by atoms with E-state index in [-0.39, 0.29) is 0 Å². The van der Waals surface area contributed by atoms with Gasteiger partial charge in [0, 0.05) is 25.2 Å². The summed E-state index contributed by atoms with van der Waals surface area (Å²) in [4.78, 5) is 11.9. The van der Waals surface area contributed by atoms with E-state index in [1.165, 1.54) is 12.8 Å². The number of rotatable bonds is 3. The summed E-state index contributed by atoms with van der Waals surface area (Å²) in [5, 5.41) is 0. The monoisotopic (exact) mass is 301 g/mol. The largest absolute Gasteiger partial charge is 0.493 e. The summed E-state index contributed by atoms with van der Waals surface area (Å²) in [5.74, 6) is 3.16. The number of benzene rings is 1. The predicted molar refractivity (Wildman–Crippen MR) is 88.0 cm³/mol. The Kier molecular flexibility index (Phi) is 4.05. The Morgan fingerprint density at radius 3 is 2.09 bits per heavy atom. The van der Waals surface area contributed by atoms with Crippen LogP contribution in [0.1, 0.15) is 25.5 Å². The van der Waals surface area contributed by atoms with Crippen molar-refractivity contribution in [3.05, 3.63) is 17.8 Å². The summed E-state index contributed by atoms with van der Waals surface area (Å²) >= 11 is 0. The smallest absolute Gasteiger partial charge is 0.163 e. The molecule has 0 N–H and O–H groups in total. The van der Waals surface area contributed by atoms with E-state index >= 15 is 0 Å². The van der Waals surface area contributed by atoms with Gasteiger partial charge in [-0.2, -0.15) is 0 Å². The molecule has 22 heavy (non-hydrogen) atoms. The van der Waals surface area contributed by atoms with Gasteiger partial charge in [0.25, 0.3) is 0 Å². The van der Waals surface area contributed by atoms with E-state index in [1.54, 1.807) is 14.2 Å². The highest BCUT2D eigenvalue weighted by Gasteiger charge is 2.20. The molecule has 1 fully saturated rings. The van der Waals surface area contributed by atoms with E-state index in [9.17, 15) is 0 Å². The van der Waals surface area contributed by atoms with Crippen LogP contribution in [0.2, 0.25) is 0 Å². The fourth-order valence-corrected chi connectivity index (χ4v) is 2.98. The van der Waals surface area contributed by atoms with Gasteiger partial charge >= 0.3 is 0 Å². The van der Waals surface area contributed by atoms with Crippen molar-refractivity contribution in [2.24, 2.45) is 5.92 Å². The summed E-state index contributed by atoms with van der Waals surface area (Å²) in [6.45, 7) is 6.44. The maximum atomic E-state index is 5.37. The third-order valence-corrected chi connectivity index (χ3v) is 4.40. The predicted octanol–water partition coefficient (Wildman–Crippen LogP) is 3.19. The van der Waals surface area contributed by atoms with Crippen molar-refractivity contribution in [1.29, 1.82) is 0 Å². The molecule has 1 aromatic carbocycles. The Hall–Kier alpha value is -2.04. The number of aromatic nitrogens is 2. The number of methoxy groups -OCH3 is 2. The zero-order valence-corrected chi connectivity index (χ0v) is 13.7. The first-order valence-corrected chi connectivity index (χ1v) is 7.77. The van der Waals surface area contributed by atoms with Gasteiger partial charge in [-0.05, 0) is 25.7 Å². The average Bonchev–Trinajstić information content (AvgIpc) is 2.54. The lowest BCUT2D eigenvalue weighted by Crippen LogP contribution is -2.34.